The number of piperidine rings is 1. The number of hydrogen-bond acceptors (Lipinski definition) is 5. The summed E-state index contributed by atoms with van der Waals surface area (Å²) in [5.41, 5.74) is 4.05. The number of fused-ring (bicyclic) bond motifs is 1. The molecule has 4 heterocycles. The van der Waals surface area contributed by atoms with E-state index in [0.717, 1.165) is 49.3 Å². The summed E-state index contributed by atoms with van der Waals surface area (Å²) in [4.78, 5) is 27.7. The molecule has 7 heteroatoms. The molecule has 136 valence electrons. The largest absolute Gasteiger partial charge is 0.355 e. The predicted molar refractivity (Wildman–Crippen MR) is 101 cm³/mol. The van der Waals surface area contributed by atoms with Crippen LogP contribution in [0.25, 0.3) is 11.0 Å². The zero-order valence-electron chi connectivity index (χ0n) is 15.5. The summed E-state index contributed by atoms with van der Waals surface area (Å²) in [6.07, 6.45) is 7.01. The van der Waals surface area contributed by atoms with Crippen molar-refractivity contribution >= 4 is 16.9 Å². The summed E-state index contributed by atoms with van der Waals surface area (Å²) in [6.45, 7) is 6.52. The Morgan fingerprint density at radius 3 is 2.73 bits per heavy atom. The van der Waals surface area contributed by atoms with Crippen LogP contribution in [0.15, 0.2) is 29.7 Å². The Labute approximate surface area is 152 Å². The lowest BCUT2D eigenvalue weighted by Crippen LogP contribution is -2.37. The molecule has 1 fully saturated rings. The molecule has 7 nitrogen and oxygen atoms in total. The number of rotatable bonds is 3. The van der Waals surface area contributed by atoms with E-state index in [1.54, 1.807) is 23.4 Å². The fourth-order valence-electron chi connectivity index (χ4n) is 3.81. The molecule has 3 aromatic rings. The zero-order chi connectivity index (χ0) is 18.3. The van der Waals surface area contributed by atoms with E-state index in [-0.39, 0.29) is 5.56 Å². The predicted octanol–water partition coefficient (Wildman–Crippen LogP) is 2.06. The SMILES string of the molecule is Cc1cncn(CC2CCN(c3ncnc4cc(C)n(C)c34)CC2)c1=O. The van der Waals surface area contributed by atoms with Crippen LogP contribution in [0.4, 0.5) is 5.82 Å². The van der Waals surface area contributed by atoms with Gasteiger partial charge < -0.3 is 9.47 Å². The van der Waals surface area contributed by atoms with E-state index in [1.807, 2.05) is 6.92 Å². The molecule has 0 unspecified atom stereocenters. The van der Waals surface area contributed by atoms with E-state index >= 15 is 0 Å². The number of nitrogens with zero attached hydrogens (tertiary/aromatic N) is 6. The van der Waals surface area contributed by atoms with Crippen LogP contribution < -0.4 is 10.5 Å². The summed E-state index contributed by atoms with van der Waals surface area (Å²) in [6, 6.07) is 2.10. The molecule has 0 bridgehead atoms. The quantitative estimate of drug-likeness (QED) is 0.722. The highest BCUT2D eigenvalue weighted by Gasteiger charge is 2.23. The number of hydrogen-bond donors (Lipinski definition) is 0. The van der Waals surface area contributed by atoms with E-state index in [0.29, 0.717) is 11.5 Å². The van der Waals surface area contributed by atoms with Crippen LogP contribution in [-0.2, 0) is 13.6 Å². The zero-order valence-corrected chi connectivity index (χ0v) is 15.5. The van der Waals surface area contributed by atoms with Crippen molar-refractivity contribution in [3.8, 4) is 0 Å². The van der Waals surface area contributed by atoms with Crippen molar-refractivity contribution < 1.29 is 0 Å². The van der Waals surface area contributed by atoms with Gasteiger partial charge in [0.25, 0.3) is 5.56 Å². The van der Waals surface area contributed by atoms with Crippen molar-refractivity contribution in [1.82, 2.24) is 24.1 Å². The van der Waals surface area contributed by atoms with Gasteiger partial charge in [0.2, 0.25) is 0 Å². The van der Waals surface area contributed by atoms with E-state index in [9.17, 15) is 4.79 Å². The van der Waals surface area contributed by atoms with Gasteiger partial charge in [-0.25, -0.2) is 15.0 Å². The molecule has 0 aromatic carbocycles. The molecule has 0 amide bonds. The highest BCUT2D eigenvalue weighted by molar-refractivity contribution is 5.87. The average molecular weight is 352 g/mol. The third-order valence-corrected chi connectivity index (χ3v) is 5.48. The van der Waals surface area contributed by atoms with Gasteiger partial charge in [-0.05, 0) is 38.7 Å². The van der Waals surface area contributed by atoms with Gasteiger partial charge in [-0.15, -0.1) is 0 Å². The topological polar surface area (TPSA) is 68.8 Å². The molecule has 0 aliphatic carbocycles. The third kappa shape index (κ3) is 2.87. The second-order valence-corrected chi connectivity index (χ2v) is 7.24. The second-order valence-electron chi connectivity index (χ2n) is 7.24. The fraction of sp³-hybridized carbons (Fsp3) is 0.474. The van der Waals surface area contributed by atoms with Gasteiger partial charge in [-0.1, -0.05) is 0 Å². The number of aromatic nitrogens is 5. The molecule has 0 saturated carbocycles. The van der Waals surface area contributed by atoms with Crippen LogP contribution >= 0.6 is 0 Å². The summed E-state index contributed by atoms with van der Waals surface area (Å²) < 4.78 is 3.91. The van der Waals surface area contributed by atoms with Gasteiger partial charge in [0.05, 0.1) is 11.8 Å². The minimum absolute atomic E-state index is 0.0687. The lowest BCUT2D eigenvalue weighted by Gasteiger charge is -2.33. The van der Waals surface area contributed by atoms with E-state index in [4.69, 9.17) is 0 Å². The first-order valence-corrected chi connectivity index (χ1v) is 9.07. The maximum absolute atomic E-state index is 12.2. The third-order valence-electron chi connectivity index (χ3n) is 5.48. The van der Waals surface area contributed by atoms with Crippen molar-refractivity contribution in [2.45, 2.75) is 33.2 Å². The van der Waals surface area contributed by atoms with Crippen LogP contribution in [0.5, 0.6) is 0 Å². The van der Waals surface area contributed by atoms with Gasteiger partial charge in [-0.3, -0.25) is 9.36 Å². The first-order valence-electron chi connectivity index (χ1n) is 9.07. The molecule has 3 aromatic heterocycles. The summed E-state index contributed by atoms with van der Waals surface area (Å²) in [7, 11) is 2.06. The number of anilines is 1. The minimum Gasteiger partial charge on any atom is -0.355 e. The Bertz CT molecular complexity index is 997. The van der Waals surface area contributed by atoms with Gasteiger partial charge in [0, 0.05) is 44.1 Å². The lowest BCUT2D eigenvalue weighted by atomic mass is 9.96. The molecular formula is C19H24N6O. The van der Waals surface area contributed by atoms with Crippen LogP contribution in [0.1, 0.15) is 24.1 Å². The van der Waals surface area contributed by atoms with Crippen LogP contribution in [0.3, 0.4) is 0 Å². The molecule has 0 N–H and O–H groups in total. The molecule has 0 atom stereocenters. The van der Waals surface area contributed by atoms with E-state index in [2.05, 4.69) is 44.5 Å². The van der Waals surface area contributed by atoms with Gasteiger partial charge in [0.1, 0.15) is 11.8 Å². The van der Waals surface area contributed by atoms with Crippen LogP contribution in [-0.4, -0.2) is 37.2 Å². The molecule has 1 aliphatic heterocycles. The molecule has 0 spiro atoms. The number of aryl methyl sites for hydroxylation is 3. The Balaban J connectivity index is 1.51. The molecule has 26 heavy (non-hydrogen) atoms. The van der Waals surface area contributed by atoms with Gasteiger partial charge in [0.15, 0.2) is 5.82 Å². The first kappa shape index (κ1) is 16.8. The molecule has 4 rings (SSSR count). The Hall–Kier alpha value is -2.70. The maximum atomic E-state index is 12.2. The minimum atomic E-state index is 0.0687. The maximum Gasteiger partial charge on any atom is 0.256 e. The summed E-state index contributed by atoms with van der Waals surface area (Å²) in [5.74, 6) is 1.50. The van der Waals surface area contributed by atoms with Gasteiger partial charge in [-0.2, -0.15) is 0 Å². The second kappa shape index (κ2) is 6.55. The van der Waals surface area contributed by atoms with Crippen molar-refractivity contribution in [2.75, 3.05) is 18.0 Å². The van der Waals surface area contributed by atoms with Crippen LogP contribution in [0.2, 0.25) is 0 Å². The first-order chi connectivity index (χ1) is 12.5. The monoisotopic (exact) mass is 352 g/mol. The average Bonchev–Trinajstić information content (AvgIpc) is 2.94. The van der Waals surface area contributed by atoms with Crippen LogP contribution in [0, 0.1) is 19.8 Å². The normalized spacial score (nSPS) is 15.7. The smallest absolute Gasteiger partial charge is 0.256 e. The fourth-order valence-corrected chi connectivity index (χ4v) is 3.81. The van der Waals surface area contributed by atoms with Crippen molar-refractivity contribution in [1.29, 1.82) is 0 Å². The molecule has 0 radical (unpaired) electrons. The highest BCUT2D eigenvalue weighted by Crippen LogP contribution is 2.29. The standard InChI is InChI=1S/C19H24N6O/c1-13-9-20-12-25(19(13)26)10-15-4-6-24(7-5-15)18-17-16(21-11-22-18)8-14(2)23(17)3/h8-9,11-12,15H,4-7,10H2,1-3H3. The molecular weight excluding hydrogens is 328 g/mol. The molecule has 1 aliphatic rings. The Morgan fingerprint density at radius 1 is 1.19 bits per heavy atom. The van der Waals surface area contributed by atoms with Gasteiger partial charge >= 0.3 is 0 Å². The van der Waals surface area contributed by atoms with Crippen molar-refractivity contribution in [3.05, 3.63) is 46.5 Å². The lowest BCUT2D eigenvalue weighted by molar-refractivity contribution is 0.350. The Kier molecular flexibility index (Phi) is 4.22. The van der Waals surface area contributed by atoms with E-state index < -0.39 is 0 Å². The van der Waals surface area contributed by atoms with E-state index in [1.165, 1.54) is 5.69 Å². The van der Waals surface area contributed by atoms with Crippen molar-refractivity contribution in [2.24, 2.45) is 13.0 Å². The summed E-state index contributed by atoms with van der Waals surface area (Å²) in [5, 5.41) is 0. The highest BCUT2D eigenvalue weighted by atomic mass is 16.1. The van der Waals surface area contributed by atoms with Crippen molar-refractivity contribution in [3.63, 3.8) is 0 Å². The summed E-state index contributed by atoms with van der Waals surface area (Å²) >= 11 is 0. The molecule has 1 saturated heterocycles. The Morgan fingerprint density at radius 2 is 1.96 bits per heavy atom.